The standard InChI is InChI=1S/C16H15NO4/c1-20-15-7-3-2-5-12(15)8-9-16(19)21-11-14(18)13-6-4-10-17-13/h2-10,17H,11H2,1H3/b9-8+. The summed E-state index contributed by atoms with van der Waals surface area (Å²) in [5, 5.41) is 0. The normalized spacial score (nSPS) is 10.5. The lowest BCUT2D eigenvalue weighted by Gasteiger charge is -2.03. The highest BCUT2D eigenvalue weighted by atomic mass is 16.5. The third kappa shape index (κ3) is 4.07. The number of benzene rings is 1. The smallest absolute Gasteiger partial charge is 0.331 e. The maximum Gasteiger partial charge on any atom is 0.331 e. The van der Waals surface area contributed by atoms with Gasteiger partial charge < -0.3 is 14.5 Å². The van der Waals surface area contributed by atoms with Gasteiger partial charge in [0.25, 0.3) is 0 Å². The molecule has 1 aromatic heterocycles. The van der Waals surface area contributed by atoms with Gasteiger partial charge in [-0.1, -0.05) is 18.2 Å². The molecule has 0 aliphatic heterocycles. The molecule has 5 heteroatoms. The van der Waals surface area contributed by atoms with Gasteiger partial charge in [0.2, 0.25) is 5.78 Å². The van der Waals surface area contributed by atoms with Gasteiger partial charge >= 0.3 is 5.97 Å². The molecule has 0 aliphatic carbocycles. The maximum absolute atomic E-state index is 11.6. The molecule has 0 fully saturated rings. The Kier molecular flexibility index (Phi) is 4.93. The zero-order chi connectivity index (χ0) is 15.1. The van der Waals surface area contributed by atoms with Gasteiger partial charge in [0, 0.05) is 17.8 Å². The summed E-state index contributed by atoms with van der Waals surface area (Å²) in [6.45, 7) is -0.296. The first-order chi connectivity index (χ1) is 10.2. The van der Waals surface area contributed by atoms with Crippen molar-refractivity contribution in [3.05, 3.63) is 59.9 Å². The molecule has 1 heterocycles. The average molecular weight is 285 g/mol. The summed E-state index contributed by atoms with van der Waals surface area (Å²) in [5.74, 6) is -0.205. The summed E-state index contributed by atoms with van der Waals surface area (Å²) < 4.78 is 10.0. The number of esters is 1. The lowest BCUT2D eigenvalue weighted by atomic mass is 10.2. The molecule has 21 heavy (non-hydrogen) atoms. The summed E-state index contributed by atoms with van der Waals surface area (Å²) in [6.07, 6.45) is 4.48. The Bertz CT molecular complexity index is 644. The van der Waals surface area contributed by atoms with E-state index >= 15 is 0 Å². The third-order valence-electron chi connectivity index (χ3n) is 2.78. The molecule has 0 spiro atoms. The first kappa shape index (κ1) is 14.6. The zero-order valence-corrected chi connectivity index (χ0v) is 11.5. The van der Waals surface area contributed by atoms with E-state index in [2.05, 4.69) is 4.98 Å². The van der Waals surface area contributed by atoms with E-state index in [0.717, 1.165) is 5.56 Å². The molecule has 1 N–H and O–H groups in total. The van der Waals surface area contributed by atoms with Gasteiger partial charge in [0.15, 0.2) is 6.61 Å². The second-order valence-corrected chi connectivity index (χ2v) is 4.19. The number of hydrogen-bond donors (Lipinski definition) is 1. The third-order valence-corrected chi connectivity index (χ3v) is 2.78. The van der Waals surface area contributed by atoms with E-state index in [1.807, 2.05) is 18.2 Å². The van der Waals surface area contributed by atoms with Crippen LogP contribution in [0.5, 0.6) is 5.75 Å². The minimum atomic E-state index is -0.583. The van der Waals surface area contributed by atoms with Crippen molar-refractivity contribution in [2.75, 3.05) is 13.7 Å². The van der Waals surface area contributed by atoms with E-state index in [0.29, 0.717) is 11.4 Å². The first-order valence-corrected chi connectivity index (χ1v) is 6.35. The minimum Gasteiger partial charge on any atom is -0.496 e. The minimum absolute atomic E-state index is 0.279. The molecule has 0 aliphatic rings. The molecule has 2 aromatic rings. The van der Waals surface area contributed by atoms with Crippen LogP contribution in [0, 0.1) is 0 Å². The molecule has 5 nitrogen and oxygen atoms in total. The number of para-hydroxylation sites is 1. The molecule has 0 atom stereocenters. The van der Waals surface area contributed by atoms with E-state index in [4.69, 9.17) is 9.47 Å². The molecule has 2 rings (SSSR count). The van der Waals surface area contributed by atoms with E-state index in [1.54, 1.807) is 37.6 Å². The number of carbonyl (C=O) groups excluding carboxylic acids is 2. The van der Waals surface area contributed by atoms with Crippen molar-refractivity contribution in [2.45, 2.75) is 0 Å². The molecular weight excluding hydrogens is 270 g/mol. The number of nitrogens with one attached hydrogen (secondary N) is 1. The summed E-state index contributed by atoms with van der Waals surface area (Å²) in [5.41, 5.74) is 1.17. The molecule has 0 radical (unpaired) electrons. The van der Waals surface area contributed by atoms with Crippen LogP contribution in [-0.2, 0) is 9.53 Å². The van der Waals surface area contributed by atoms with Crippen LogP contribution >= 0.6 is 0 Å². The number of aromatic amines is 1. The monoisotopic (exact) mass is 285 g/mol. The van der Waals surface area contributed by atoms with Gasteiger partial charge in [-0.2, -0.15) is 0 Å². The number of methoxy groups -OCH3 is 1. The second-order valence-electron chi connectivity index (χ2n) is 4.19. The van der Waals surface area contributed by atoms with Crippen molar-refractivity contribution in [1.82, 2.24) is 4.98 Å². The summed E-state index contributed by atoms with van der Waals surface area (Å²) >= 11 is 0. The van der Waals surface area contributed by atoms with Crippen LogP contribution in [0.4, 0.5) is 0 Å². The van der Waals surface area contributed by atoms with Crippen LogP contribution in [0.3, 0.4) is 0 Å². The van der Waals surface area contributed by atoms with Crippen LogP contribution in [-0.4, -0.2) is 30.5 Å². The van der Waals surface area contributed by atoms with Crippen molar-refractivity contribution in [2.24, 2.45) is 0 Å². The number of aromatic nitrogens is 1. The van der Waals surface area contributed by atoms with Crippen LogP contribution < -0.4 is 4.74 Å². The summed E-state index contributed by atoms with van der Waals surface area (Å²) in [7, 11) is 1.56. The van der Waals surface area contributed by atoms with Crippen LogP contribution in [0.1, 0.15) is 16.1 Å². The molecule has 0 saturated heterocycles. The number of hydrogen-bond acceptors (Lipinski definition) is 4. The Morgan fingerprint density at radius 1 is 1.19 bits per heavy atom. The first-order valence-electron chi connectivity index (χ1n) is 6.35. The highest BCUT2D eigenvalue weighted by Gasteiger charge is 2.08. The number of ether oxygens (including phenoxy) is 2. The lowest BCUT2D eigenvalue weighted by Crippen LogP contribution is -2.12. The molecule has 0 unspecified atom stereocenters. The van der Waals surface area contributed by atoms with Gasteiger partial charge in [-0.3, -0.25) is 4.79 Å². The Balaban J connectivity index is 1.90. The molecular formula is C16H15NO4. The van der Waals surface area contributed by atoms with Gasteiger partial charge in [-0.05, 0) is 24.3 Å². The second kappa shape index (κ2) is 7.09. The van der Waals surface area contributed by atoms with Crippen molar-refractivity contribution in [3.63, 3.8) is 0 Å². The highest BCUT2D eigenvalue weighted by molar-refractivity contribution is 5.97. The Hall–Kier alpha value is -2.82. The van der Waals surface area contributed by atoms with Crippen molar-refractivity contribution in [1.29, 1.82) is 0 Å². The fourth-order valence-corrected chi connectivity index (χ4v) is 1.73. The van der Waals surface area contributed by atoms with Crippen molar-refractivity contribution < 1.29 is 19.1 Å². The zero-order valence-electron chi connectivity index (χ0n) is 11.5. The van der Waals surface area contributed by atoms with E-state index in [9.17, 15) is 9.59 Å². The van der Waals surface area contributed by atoms with E-state index < -0.39 is 5.97 Å². The Morgan fingerprint density at radius 3 is 2.71 bits per heavy atom. The van der Waals surface area contributed by atoms with Crippen molar-refractivity contribution in [3.8, 4) is 5.75 Å². The summed E-state index contributed by atoms with van der Waals surface area (Å²) in [6, 6.07) is 10.6. The fourth-order valence-electron chi connectivity index (χ4n) is 1.73. The Morgan fingerprint density at radius 2 is 2.00 bits per heavy atom. The largest absolute Gasteiger partial charge is 0.496 e. The van der Waals surface area contributed by atoms with Crippen molar-refractivity contribution >= 4 is 17.8 Å². The van der Waals surface area contributed by atoms with Gasteiger partial charge in [0.05, 0.1) is 12.8 Å². The average Bonchev–Trinajstić information content (AvgIpc) is 3.05. The predicted molar refractivity (Wildman–Crippen MR) is 78.1 cm³/mol. The lowest BCUT2D eigenvalue weighted by molar-refractivity contribution is -0.136. The number of carbonyl (C=O) groups is 2. The summed E-state index contributed by atoms with van der Waals surface area (Å²) in [4.78, 5) is 26.0. The molecule has 0 saturated carbocycles. The number of Topliss-reactive ketones (excluding diaryl/α,β-unsaturated/α-hetero) is 1. The Labute approximate surface area is 122 Å². The topological polar surface area (TPSA) is 68.4 Å². The van der Waals surface area contributed by atoms with E-state index in [-0.39, 0.29) is 12.4 Å². The quantitative estimate of drug-likeness (QED) is 0.503. The molecule has 108 valence electrons. The van der Waals surface area contributed by atoms with Crippen LogP contribution in [0.25, 0.3) is 6.08 Å². The van der Waals surface area contributed by atoms with E-state index in [1.165, 1.54) is 6.08 Å². The van der Waals surface area contributed by atoms with Gasteiger partial charge in [-0.15, -0.1) is 0 Å². The fraction of sp³-hybridized carbons (Fsp3) is 0.125. The highest BCUT2D eigenvalue weighted by Crippen LogP contribution is 2.18. The van der Waals surface area contributed by atoms with Gasteiger partial charge in [0.1, 0.15) is 5.75 Å². The molecule has 1 aromatic carbocycles. The number of rotatable bonds is 6. The van der Waals surface area contributed by atoms with Crippen LogP contribution in [0.15, 0.2) is 48.7 Å². The predicted octanol–water partition coefficient (Wildman–Crippen LogP) is 2.46. The molecule has 0 amide bonds. The SMILES string of the molecule is COc1ccccc1/C=C/C(=O)OCC(=O)c1ccc[nH]1. The number of H-pyrrole nitrogens is 1. The number of ketones is 1. The molecule has 0 bridgehead atoms. The van der Waals surface area contributed by atoms with Gasteiger partial charge in [-0.25, -0.2) is 4.79 Å². The van der Waals surface area contributed by atoms with Crippen LogP contribution in [0.2, 0.25) is 0 Å². The maximum atomic E-state index is 11.6.